The van der Waals surface area contributed by atoms with Crippen molar-refractivity contribution in [1.29, 1.82) is 0 Å². The van der Waals surface area contributed by atoms with Crippen molar-refractivity contribution in [3.63, 3.8) is 0 Å². The first kappa shape index (κ1) is 9.85. The third kappa shape index (κ3) is 3.32. The number of hydrogen-bond acceptors (Lipinski definition) is 1. The summed E-state index contributed by atoms with van der Waals surface area (Å²) < 4.78 is 0. The van der Waals surface area contributed by atoms with Crippen molar-refractivity contribution in [2.45, 2.75) is 20.3 Å². The van der Waals surface area contributed by atoms with Crippen LogP contribution in [0.15, 0.2) is 42.1 Å². The highest BCUT2D eigenvalue weighted by Gasteiger charge is 1.95. The number of benzene rings is 1. The summed E-state index contributed by atoms with van der Waals surface area (Å²) in [5.41, 5.74) is 2.66. The van der Waals surface area contributed by atoms with Crippen LogP contribution in [0.5, 0.6) is 0 Å². The topological polar surface area (TPSA) is 12.0 Å². The average Bonchev–Trinajstić information content (AvgIpc) is 2.19. The Morgan fingerprint density at radius 1 is 1.31 bits per heavy atom. The molecular formula is C12H17N. The normalized spacial score (nSPS) is 11.4. The lowest BCUT2D eigenvalue weighted by molar-refractivity contribution is 0.815. The minimum atomic E-state index is 0.993. The Bertz CT molecular complexity index is 262. The molecule has 0 atom stereocenters. The van der Waals surface area contributed by atoms with Crippen LogP contribution >= 0.6 is 0 Å². The van der Waals surface area contributed by atoms with Gasteiger partial charge in [0.05, 0.1) is 0 Å². The molecule has 0 saturated heterocycles. The fraction of sp³-hybridized carbons (Fsp3) is 0.333. The first-order valence-electron chi connectivity index (χ1n) is 4.79. The lowest BCUT2D eigenvalue weighted by Crippen LogP contribution is -2.13. The van der Waals surface area contributed by atoms with Crippen LogP contribution < -0.4 is 5.32 Å². The maximum absolute atomic E-state index is 3.34. The van der Waals surface area contributed by atoms with Gasteiger partial charge in [0.25, 0.3) is 0 Å². The van der Waals surface area contributed by atoms with Gasteiger partial charge in [-0.15, -0.1) is 0 Å². The summed E-state index contributed by atoms with van der Waals surface area (Å²) in [7, 11) is 0. The van der Waals surface area contributed by atoms with E-state index in [1.807, 2.05) is 6.07 Å². The van der Waals surface area contributed by atoms with E-state index in [0.29, 0.717) is 0 Å². The maximum atomic E-state index is 3.34. The monoisotopic (exact) mass is 175 g/mol. The molecule has 0 saturated carbocycles. The number of likely N-dealkylation sites (N-methyl/N-ethyl adjacent to an activating group) is 1. The molecule has 1 heteroatoms. The minimum Gasteiger partial charge on any atom is -0.389 e. The first-order chi connectivity index (χ1) is 6.36. The molecule has 0 spiro atoms. The van der Waals surface area contributed by atoms with Crippen molar-refractivity contribution in [2.24, 2.45) is 0 Å². The molecule has 1 nitrogen and oxygen atoms in total. The summed E-state index contributed by atoms with van der Waals surface area (Å²) in [6.07, 6.45) is 3.14. The number of hydrogen-bond donors (Lipinski definition) is 1. The SMILES string of the molecule is C/C=C(/Cc1ccccc1)NCC. The number of rotatable bonds is 4. The molecule has 0 heterocycles. The van der Waals surface area contributed by atoms with Crippen molar-refractivity contribution in [3.05, 3.63) is 47.7 Å². The van der Waals surface area contributed by atoms with Crippen LogP contribution in [0.3, 0.4) is 0 Å². The molecule has 1 aromatic carbocycles. The zero-order valence-electron chi connectivity index (χ0n) is 8.38. The van der Waals surface area contributed by atoms with Gasteiger partial charge in [0, 0.05) is 18.7 Å². The van der Waals surface area contributed by atoms with E-state index in [2.05, 4.69) is 49.5 Å². The molecule has 0 bridgehead atoms. The molecule has 0 unspecified atom stereocenters. The summed E-state index contributed by atoms with van der Waals surface area (Å²) in [5.74, 6) is 0. The lowest BCUT2D eigenvalue weighted by Gasteiger charge is -2.08. The highest BCUT2D eigenvalue weighted by molar-refractivity contribution is 5.20. The standard InChI is InChI=1S/C12H17N/c1-3-12(13-4-2)10-11-8-6-5-7-9-11/h3,5-9,13H,4,10H2,1-2H3/b12-3-. The molecular weight excluding hydrogens is 158 g/mol. The van der Waals surface area contributed by atoms with Crippen LogP contribution in [-0.4, -0.2) is 6.54 Å². The molecule has 1 aromatic rings. The van der Waals surface area contributed by atoms with Gasteiger partial charge in [-0.25, -0.2) is 0 Å². The van der Waals surface area contributed by atoms with Crippen LogP contribution in [-0.2, 0) is 6.42 Å². The van der Waals surface area contributed by atoms with Crippen LogP contribution in [0, 0.1) is 0 Å². The summed E-state index contributed by atoms with van der Waals surface area (Å²) >= 11 is 0. The van der Waals surface area contributed by atoms with Crippen molar-refractivity contribution in [1.82, 2.24) is 5.32 Å². The second-order valence-corrected chi connectivity index (χ2v) is 3.01. The smallest absolute Gasteiger partial charge is 0.0119 e. The highest BCUT2D eigenvalue weighted by Crippen LogP contribution is 2.04. The van der Waals surface area contributed by atoms with Gasteiger partial charge in [-0.2, -0.15) is 0 Å². The van der Waals surface area contributed by atoms with Gasteiger partial charge in [0.15, 0.2) is 0 Å². The Morgan fingerprint density at radius 3 is 2.54 bits per heavy atom. The summed E-state index contributed by atoms with van der Waals surface area (Å²) in [5, 5.41) is 3.34. The minimum absolute atomic E-state index is 0.993. The first-order valence-corrected chi connectivity index (χ1v) is 4.79. The molecule has 70 valence electrons. The molecule has 0 aliphatic heterocycles. The second kappa shape index (κ2) is 5.41. The van der Waals surface area contributed by atoms with Gasteiger partial charge in [-0.3, -0.25) is 0 Å². The number of allylic oxidation sites excluding steroid dienone is 2. The van der Waals surface area contributed by atoms with Crippen molar-refractivity contribution in [3.8, 4) is 0 Å². The molecule has 1 N–H and O–H groups in total. The molecule has 0 aromatic heterocycles. The predicted octanol–water partition coefficient (Wildman–Crippen LogP) is 2.74. The highest BCUT2D eigenvalue weighted by atomic mass is 14.9. The number of nitrogens with one attached hydrogen (secondary N) is 1. The second-order valence-electron chi connectivity index (χ2n) is 3.01. The Morgan fingerprint density at radius 2 is 2.00 bits per heavy atom. The van der Waals surface area contributed by atoms with Gasteiger partial charge in [-0.05, 0) is 19.4 Å². The zero-order chi connectivity index (χ0) is 9.52. The summed E-state index contributed by atoms with van der Waals surface area (Å²) in [6, 6.07) is 10.5. The summed E-state index contributed by atoms with van der Waals surface area (Å²) in [4.78, 5) is 0. The molecule has 0 radical (unpaired) electrons. The third-order valence-electron chi connectivity index (χ3n) is 1.99. The Hall–Kier alpha value is -1.24. The van der Waals surface area contributed by atoms with Crippen LogP contribution in [0.2, 0.25) is 0 Å². The molecule has 0 aliphatic carbocycles. The Kier molecular flexibility index (Phi) is 4.10. The molecule has 1 rings (SSSR count). The predicted molar refractivity (Wildman–Crippen MR) is 57.6 cm³/mol. The van der Waals surface area contributed by atoms with Crippen molar-refractivity contribution in [2.75, 3.05) is 6.54 Å². The van der Waals surface area contributed by atoms with Gasteiger partial charge in [0.1, 0.15) is 0 Å². The van der Waals surface area contributed by atoms with E-state index in [9.17, 15) is 0 Å². The van der Waals surface area contributed by atoms with Crippen LogP contribution in [0.25, 0.3) is 0 Å². The third-order valence-corrected chi connectivity index (χ3v) is 1.99. The van der Waals surface area contributed by atoms with E-state index in [1.165, 1.54) is 11.3 Å². The van der Waals surface area contributed by atoms with E-state index in [4.69, 9.17) is 0 Å². The molecule has 13 heavy (non-hydrogen) atoms. The van der Waals surface area contributed by atoms with Crippen LogP contribution in [0.1, 0.15) is 19.4 Å². The molecule has 0 aliphatic rings. The van der Waals surface area contributed by atoms with E-state index < -0.39 is 0 Å². The van der Waals surface area contributed by atoms with E-state index in [1.54, 1.807) is 0 Å². The summed E-state index contributed by atoms with van der Waals surface area (Å²) in [6.45, 7) is 5.18. The fourth-order valence-corrected chi connectivity index (χ4v) is 1.31. The molecule has 0 amide bonds. The van der Waals surface area contributed by atoms with Gasteiger partial charge < -0.3 is 5.32 Å². The van der Waals surface area contributed by atoms with Crippen LogP contribution in [0.4, 0.5) is 0 Å². The van der Waals surface area contributed by atoms with Gasteiger partial charge in [0.2, 0.25) is 0 Å². The largest absolute Gasteiger partial charge is 0.389 e. The zero-order valence-corrected chi connectivity index (χ0v) is 8.38. The van der Waals surface area contributed by atoms with E-state index in [0.717, 1.165) is 13.0 Å². The Balaban J connectivity index is 2.58. The van der Waals surface area contributed by atoms with E-state index >= 15 is 0 Å². The van der Waals surface area contributed by atoms with Crippen molar-refractivity contribution >= 4 is 0 Å². The van der Waals surface area contributed by atoms with Crippen molar-refractivity contribution < 1.29 is 0 Å². The fourth-order valence-electron chi connectivity index (χ4n) is 1.31. The van der Waals surface area contributed by atoms with Gasteiger partial charge in [-0.1, -0.05) is 36.4 Å². The van der Waals surface area contributed by atoms with Gasteiger partial charge >= 0.3 is 0 Å². The maximum Gasteiger partial charge on any atom is 0.0119 e. The quantitative estimate of drug-likeness (QED) is 0.742. The van der Waals surface area contributed by atoms with E-state index in [-0.39, 0.29) is 0 Å². The lowest BCUT2D eigenvalue weighted by atomic mass is 10.1. The average molecular weight is 175 g/mol. The Labute approximate surface area is 80.5 Å². The molecule has 0 fully saturated rings.